The van der Waals surface area contributed by atoms with Gasteiger partial charge in [0.2, 0.25) is 5.95 Å². The van der Waals surface area contributed by atoms with Crippen LogP contribution in [0, 0.1) is 5.95 Å². The lowest BCUT2D eigenvalue weighted by molar-refractivity contribution is -0.137. The van der Waals surface area contributed by atoms with E-state index in [1.54, 1.807) is 23.6 Å². The van der Waals surface area contributed by atoms with Crippen molar-refractivity contribution in [3.63, 3.8) is 0 Å². The van der Waals surface area contributed by atoms with Gasteiger partial charge in [-0.1, -0.05) is 0 Å². The number of rotatable bonds is 5. The van der Waals surface area contributed by atoms with Crippen LogP contribution in [0.3, 0.4) is 0 Å². The molecule has 11 heteroatoms. The first-order valence-corrected chi connectivity index (χ1v) is 10.9. The van der Waals surface area contributed by atoms with E-state index in [1.165, 1.54) is 29.1 Å². The highest BCUT2D eigenvalue weighted by atomic mass is 19.4. The van der Waals surface area contributed by atoms with E-state index in [9.17, 15) is 27.5 Å². The molecule has 35 heavy (non-hydrogen) atoms. The number of aromatic nitrogens is 3. The second-order valence-electron chi connectivity index (χ2n) is 8.37. The summed E-state index contributed by atoms with van der Waals surface area (Å²) in [6, 6.07) is 9.42. The van der Waals surface area contributed by atoms with Crippen LogP contribution in [0.4, 0.5) is 23.4 Å². The summed E-state index contributed by atoms with van der Waals surface area (Å²) >= 11 is 0. The molecule has 0 fully saturated rings. The summed E-state index contributed by atoms with van der Waals surface area (Å²) in [5, 5.41) is 17.9. The van der Waals surface area contributed by atoms with Gasteiger partial charge in [-0.05, 0) is 49.4 Å². The van der Waals surface area contributed by atoms with Crippen molar-refractivity contribution in [3.8, 4) is 5.69 Å². The summed E-state index contributed by atoms with van der Waals surface area (Å²) < 4.78 is 57.3. The molecule has 0 saturated carbocycles. The lowest BCUT2D eigenvalue weighted by Gasteiger charge is -2.28. The molecule has 4 aromatic rings. The van der Waals surface area contributed by atoms with Crippen LogP contribution >= 0.6 is 0 Å². The number of hydrogen-bond acceptors (Lipinski definition) is 4. The second-order valence-corrected chi connectivity index (χ2v) is 8.37. The Balaban J connectivity index is 1.70. The highest BCUT2D eigenvalue weighted by molar-refractivity contribution is 5.98. The first kappa shape index (κ1) is 22.9. The number of halogens is 4. The number of hydrogen-bond donors (Lipinski definition) is 1. The SMILES string of the molecule is CCn1ncc(CN2c3c(c4cc(C(=O)O)ccc4n3-c3ccc(C(F)(F)F)cc3)CN2C)c1F. The third-order valence-electron chi connectivity index (χ3n) is 6.25. The number of carbonyl (C=O) groups is 1. The van der Waals surface area contributed by atoms with Crippen LogP contribution in [0.25, 0.3) is 16.6 Å². The number of nitrogens with zero attached hydrogens (tertiary/aromatic N) is 5. The lowest BCUT2D eigenvalue weighted by atomic mass is 10.1. The van der Waals surface area contributed by atoms with Crippen LogP contribution in [0.15, 0.2) is 48.7 Å². The van der Waals surface area contributed by atoms with E-state index in [1.807, 2.05) is 17.1 Å². The van der Waals surface area contributed by atoms with Crippen LogP contribution in [0.2, 0.25) is 0 Å². The molecule has 7 nitrogen and oxygen atoms in total. The van der Waals surface area contributed by atoms with E-state index in [4.69, 9.17) is 0 Å². The molecule has 0 radical (unpaired) electrons. The number of aryl methyl sites for hydroxylation is 1. The largest absolute Gasteiger partial charge is 0.478 e. The van der Waals surface area contributed by atoms with Gasteiger partial charge in [0.15, 0.2) is 0 Å². The maximum absolute atomic E-state index is 14.8. The van der Waals surface area contributed by atoms with Gasteiger partial charge in [0.05, 0.1) is 29.4 Å². The summed E-state index contributed by atoms with van der Waals surface area (Å²) in [6.45, 7) is 2.70. The molecule has 0 atom stereocenters. The Hall–Kier alpha value is -3.86. The summed E-state index contributed by atoms with van der Waals surface area (Å²) in [4.78, 5) is 11.6. The van der Waals surface area contributed by atoms with Crippen molar-refractivity contribution in [2.24, 2.45) is 0 Å². The summed E-state index contributed by atoms with van der Waals surface area (Å²) in [6.07, 6.45) is -3.02. The fourth-order valence-electron chi connectivity index (χ4n) is 4.53. The summed E-state index contributed by atoms with van der Waals surface area (Å²) in [5.41, 5.74) is 1.60. The van der Waals surface area contributed by atoms with E-state index in [-0.39, 0.29) is 12.1 Å². The fraction of sp³-hybridized carbons (Fsp3) is 0.250. The molecule has 0 amide bonds. The Morgan fingerprint density at radius 1 is 1.14 bits per heavy atom. The van der Waals surface area contributed by atoms with Gasteiger partial charge >= 0.3 is 12.1 Å². The van der Waals surface area contributed by atoms with Crippen molar-refractivity contribution in [2.75, 3.05) is 12.1 Å². The van der Waals surface area contributed by atoms with Gasteiger partial charge in [-0.2, -0.15) is 22.7 Å². The Morgan fingerprint density at radius 3 is 2.46 bits per heavy atom. The van der Waals surface area contributed by atoms with E-state index in [2.05, 4.69) is 5.10 Å². The van der Waals surface area contributed by atoms with Crippen LogP contribution in [-0.2, 0) is 25.8 Å². The number of alkyl halides is 3. The molecule has 0 bridgehead atoms. The van der Waals surface area contributed by atoms with Gasteiger partial charge in [-0.3, -0.25) is 9.58 Å². The monoisotopic (exact) mass is 487 g/mol. The van der Waals surface area contributed by atoms with Gasteiger partial charge in [0.1, 0.15) is 5.82 Å². The zero-order valence-electron chi connectivity index (χ0n) is 18.8. The molecule has 0 aliphatic carbocycles. The van der Waals surface area contributed by atoms with E-state index in [0.29, 0.717) is 41.1 Å². The van der Waals surface area contributed by atoms with Gasteiger partial charge in [0, 0.05) is 42.3 Å². The molecule has 0 unspecified atom stereocenters. The Labute approximate surface area is 197 Å². The molecular weight excluding hydrogens is 466 g/mol. The molecule has 1 N–H and O–H groups in total. The third-order valence-corrected chi connectivity index (χ3v) is 6.25. The van der Waals surface area contributed by atoms with Gasteiger partial charge < -0.3 is 5.11 Å². The molecule has 0 saturated heterocycles. The number of fused-ring (bicyclic) bond motifs is 3. The van der Waals surface area contributed by atoms with Gasteiger partial charge in [-0.15, -0.1) is 0 Å². The smallest absolute Gasteiger partial charge is 0.416 e. The molecule has 0 spiro atoms. The van der Waals surface area contributed by atoms with Crippen molar-refractivity contribution in [3.05, 3.63) is 76.9 Å². The number of hydrazine groups is 1. The quantitative estimate of drug-likeness (QED) is 0.398. The normalized spacial score (nSPS) is 14.2. The molecule has 3 heterocycles. The van der Waals surface area contributed by atoms with Crippen molar-refractivity contribution in [1.82, 2.24) is 19.4 Å². The Kier molecular flexibility index (Phi) is 5.32. The highest BCUT2D eigenvalue weighted by Gasteiger charge is 2.34. The lowest BCUT2D eigenvalue weighted by Crippen LogP contribution is -2.35. The fourth-order valence-corrected chi connectivity index (χ4v) is 4.53. The zero-order valence-corrected chi connectivity index (χ0v) is 18.8. The maximum Gasteiger partial charge on any atom is 0.416 e. The highest BCUT2D eigenvalue weighted by Crippen LogP contribution is 2.43. The van der Waals surface area contributed by atoms with E-state index >= 15 is 0 Å². The standard InChI is InChI=1S/C24H21F4N5O2/c1-3-31-21(25)15(11-29-31)12-32-22-19(13-30(32)2)18-10-14(23(34)35)4-9-20(18)33(22)17-7-5-16(6-8-17)24(26,27)28/h4-11H,3,12-13H2,1-2H3,(H,34,35). The van der Waals surface area contributed by atoms with Crippen LogP contribution in [0.5, 0.6) is 0 Å². The van der Waals surface area contributed by atoms with Crippen LogP contribution in [0.1, 0.15) is 34.0 Å². The van der Waals surface area contributed by atoms with Gasteiger partial charge in [-0.25, -0.2) is 14.5 Å². The topological polar surface area (TPSA) is 66.5 Å². The number of carboxylic acids is 1. The average molecular weight is 487 g/mol. The summed E-state index contributed by atoms with van der Waals surface area (Å²) in [5.74, 6) is -0.909. The number of aromatic carboxylic acids is 1. The molecule has 2 aromatic heterocycles. The predicted octanol–water partition coefficient (Wildman–Crippen LogP) is 5.07. The number of benzene rings is 2. The molecule has 5 rings (SSSR count). The minimum absolute atomic E-state index is 0.0984. The first-order valence-electron chi connectivity index (χ1n) is 10.9. The summed E-state index contributed by atoms with van der Waals surface area (Å²) in [7, 11) is 1.81. The molecule has 182 valence electrons. The average Bonchev–Trinajstić information content (AvgIpc) is 3.44. The van der Waals surface area contributed by atoms with Crippen LogP contribution < -0.4 is 5.01 Å². The van der Waals surface area contributed by atoms with Crippen molar-refractivity contribution < 1.29 is 27.5 Å². The Morgan fingerprint density at radius 2 is 1.86 bits per heavy atom. The first-order chi connectivity index (χ1) is 16.6. The maximum atomic E-state index is 14.8. The Bertz CT molecular complexity index is 1440. The third kappa shape index (κ3) is 3.72. The second kappa shape index (κ2) is 8.12. The minimum atomic E-state index is -4.47. The van der Waals surface area contributed by atoms with E-state index < -0.39 is 23.7 Å². The van der Waals surface area contributed by atoms with Gasteiger partial charge in [0.25, 0.3) is 0 Å². The molecule has 1 aliphatic heterocycles. The molecule has 2 aromatic carbocycles. The predicted molar refractivity (Wildman–Crippen MR) is 121 cm³/mol. The van der Waals surface area contributed by atoms with Crippen LogP contribution in [-0.4, -0.2) is 37.5 Å². The molecule has 1 aliphatic rings. The number of anilines is 1. The number of carboxylic acid groups (broad SMARTS) is 1. The minimum Gasteiger partial charge on any atom is -0.478 e. The van der Waals surface area contributed by atoms with Crippen molar-refractivity contribution in [2.45, 2.75) is 32.7 Å². The zero-order chi connectivity index (χ0) is 25.1. The van der Waals surface area contributed by atoms with Crippen molar-refractivity contribution >= 4 is 22.7 Å². The van der Waals surface area contributed by atoms with E-state index in [0.717, 1.165) is 17.7 Å². The van der Waals surface area contributed by atoms with Crippen molar-refractivity contribution in [1.29, 1.82) is 0 Å². The molecular formula is C24H21F4N5O2.